The number of benzene rings is 2. The van der Waals surface area contributed by atoms with Gasteiger partial charge in [0.25, 0.3) is 0 Å². The molecular weight excluding hydrogens is 392 g/mol. The van der Waals surface area contributed by atoms with E-state index in [9.17, 15) is 13.2 Å². The van der Waals surface area contributed by atoms with Crippen LogP contribution in [0.25, 0.3) is 0 Å². The number of aryl methyl sites for hydroxylation is 2. The summed E-state index contributed by atoms with van der Waals surface area (Å²) in [7, 11) is -2.28. The molecule has 0 fully saturated rings. The van der Waals surface area contributed by atoms with E-state index in [-0.39, 0.29) is 24.4 Å². The standard InChI is InChI=1S/C21H28N2O5S/c1-14(2)23(21(24)22-20-15(3)8-7-9-16(20)4)13-17-10-11-18(27-5)19(12-17)28-29(6,25)26/h7-12,14H,13H2,1-6H3,(H,22,24). The van der Waals surface area contributed by atoms with Crippen molar-refractivity contribution in [2.75, 3.05) is 18.7 Å². The van der Waals surface area contributed by atoms with Crippen molar-refractivity contribution in [2.24, 2.45) is 0 Å². The van der Waals surface area contributed by atoms with Crippen molar-refractivity contribution in [1.82, 2.24) is 4.90 Å². The molecule has 0 atom stereocenters. The maximum atomic E-state index is 13.0. The number of methoxy groups -OCH3 is 1. The molecule has 0 bridgehead atoms. The van der Waals surface area contributed by atoms with Gasteiger partial charge in [-0.25, -0.2) is 4.79 Å². The Labute approximate surface area is 172 Å². The summed E-state index contributed by atoms with van der Waals surface area (Å²) in [6.45, 7) is 8.00. The first kappa shape index (κ1) is 22.5. The fourth-order valence-corrected chi connectivity index (χ4v) is 3.38. The van der Waals surface area contributed by atoms with Gasteiger partial charge in [0.1, 0.15) is 0 Å². The average Bonchev–Trinajstić information content (AvgIpc) is 2.61. The molecule has 0 heterocycles. The first-order valence-corrected chi connectivity index (χ1v) is 11.0. The third-order valence-electron chi connectivity index (χ3n) is 4.42. The van der Waals surface area contributed by atoms with E-state index in [4.69, 9.17) is 8.92 Å². The Morgan fingerprint density at radius 1 is 1.10 bits per heavy atom. The van der Waals surface area contributed by atoms with Gasteiger partial charge in [-0.2, -0.15) is 8.42 Å². The number of hydrogen-bond donors (Lipinski definition) is 1. The van der Waals surface area contributed by atoms with Crippen molar-refractivity contribution in [2.45, 2.75) is 40.3 Å². The zero-order valence-corrected chi connectivity index (χ0v) is 18.5. The molecule has 1 N–H and O–H groups in total. The molecule has 29 heavy (non-hydrogen) atoms. The van der Waals surface area contributed by atoms with Gasteiger partial charge in [0.15, 0.2) is 11.5 Å². The summed E-state index contributed by atoms with van der Waals surface area (Å²) in [5.74, 6) is 0.390. The fraction of sp³-hybridized carbons (Fsp3) is 0.381. The van der Waals surface area contributed by atoms with Gasteiger partial charge in [-0.15, -0.1) is 0 Å². The Balaban J connectivity index is 2.28. The van der Waals surface area contributed by atoms with Gasteiger partial charge in [-0.3, -0.25) is 0 Å². The van der Waals surface area contributed by atoms with Gasteiger partial charge in [0.2, 0.25) is 0 Å². The lowest BCUT2D eigenvalue weighted by atomic mass is 10.1. The van der Waals surface area contributed by atoms with Crippen LogP contribution < -0.4 is 14.2 Å². The smallest absolute Gasteiger partial charge is 0.322 e. The second kappa shape index (κ2) is 9.17. The maximum Gasteiger partial charge on any atom is 0.322 e. The number of hydrogen-bond acceptors (Lipinski definition) is 5. The van der Waals surface area contributed by atoms with Crippen molar-refractivity contribution >= 4 is 21.8 Å². The van der Waals surface area contributed by atoms with Gasteiger partial charge < -0.3 is 19.1 Å². The molecular formula is C21H28N2O5S. The van der Waals surface area contributed by atoms with Crippen molar-refractivity contribution in [3.8, 4) is 11.5 Å². The molecule has 0 spiro atoms. The molecule has 0 aliphatic rings. The molecule has 0 aliphatic heterocycles. The Bertz CT molecular complexity index is 966. The molecule has 0 aliphatic carbocycles. The second-order valence-corrected chi connectivity index (χ2v) is 8.77. The van der Waals surface area contributed by atoms with E-state index in [0.717, 1.165) is 28.6 Å². The van der Waals surface area contributed by atoms with Gasteiger partial charge in [-0.1, -0.05) is 24.3 Å². The highest BCUT2D eigenvalue weighted by molar-refractivity contribution is 7.86. The number of carbonyl (C=O) groups excluding carboxylic acids is 1. The van der Waals surface area contributed by atoms with E-state index in [1.54, 1.807) is 23.1 Å². The topological polar surface area (TPSA) is 84.9 Å². The molecule has 8 heteroatoms. The van der Waals surface area contributed by atoms with Crippen LogP contribution in [0.1, 0.15) is 30.5 Å². The zero-order valence-electron chi connectivity index (χ0n) is 17.6. The van der Waals surface area contributed by atoms with E-state index in [1.165, 1.54) is 7.11 Å². The zero-order chi connectivity index (χ0) is 21.8. The van der Waals surface area contributed by atoms with Crippen molar-refractivity contribution in [1.29, 1.82) is 0 Å². The minimum Gasteiger partial charge on any atom is -0.493 e. The van der Waals surface area contributed by atoms with E-state index in [1.807, 2.05) is 45.9 Å². The van der Waals surface area contributed by atoms with Crippen LogP contribution in [0, 0.1) is 13.8 Å². The van der Waals surface area contributed by atoms with Gasteiger partial charge in [0.05, 0.1) is 13.4 Å². The Kier molecular flexibility index (Phi) is 7.13. The summed E-state index contributed by atoms with van der Waals surface area (Å²) in [4.78, 5) is 14.6. The van der Waals surface area contributed by atoms with E-state index in [0.29, 0.717) is 5.75 Å². The lowest BCUT2D eigenvalue weighted by Gasteiger charge is -2.28. The predicted molar refractivity (Wildman–Crippen MR) is 114 cm³/mol. The van der Waals surface area contributed by atoms with Crippen molar-refractivity contribution < 1.29 is 22.1 Å². The summed E-state index contributed by atoms with van der Waals surface area (Å²) in [5, 5.41) is 2.99. The monoisotopic (exact) mass is 420 g/mol. The summed E-state index contributed by atoms with van der Waals surface area (Å²) < 4.78 is 33.3. The van der Waals surface area contributed by atoms with Crippen LogP contribution in [0.3, 0.4) is 0 Å². The van der Waals surface area contributed by atoms with Crippen LogP contribution in [-0.2, 0) is 16.7 Å². The first-order valence-electron chi connectivity index (χ1n) is 9.22. The fourth-order valence-electron chi connectivity index (χ4n) is 2.92. The minimum atomic E-state index is -3.71. The van der Waals surface area contributed by atoms with Crippen LogP contribution in [0.2, 0.25) is 0 Å². The SMILES string of the molecule is COc1ccc(CN(C(=O)Nc2c(C)cccc2C)C(C)C)cc1OS(C)(=O)=O. The lowest BCUT2D eigenvalue weighted by molar-refractivity contribution is 0.193. The second-order valence-electron chi connectivity index (χ2n) is 7.19. The molecule has 2 aromatic rings. The van der Waals surface area contributed by atoms with Crippen LogP contribution >= 0.6 is 0 Å². The normalized spacial score (nSPS) is 11.3. The van der Waals surface area contributed by atoms with Gasteiger partial charge in [-0.05, 0) is 56.5 Å². The summed E-state index contributed by atoms with van der Waals surface area (Å²) in [5.41, 5.74) is 3.47. The quantitative estimate of drug-likeness (QED) is 0.682. The number of amides is 2. The summed E-state index contributed by atoms with van der Waals surface area (Å²) in [6, 6.07) is 10.5. The van der Waals surface area contributed by atoms with Gasteiger partial charge in [0, 0.05) is 18.3 Å². The van der Waals surface area contributed by atoms with E-state index >= 15 is 0 Å². The summed E-state index contributed by atoms with van der Waals surface area (Å²) in [6.07, 6.45) is 0.970. The summed E-state index contributed by atoms with van der Waals surface area (Å²) >= 11 is 0. The lowest BCUT2D eigenvalue weighted by Crippen LogP contribution is -2.39. The maximum absolute atomic E-state index is 13.0. The van der Waals surface area contributed by atoms with Crippen molar-refractivity contribution in [3.05, 3.63) is 53.1 Å². The first-order chi connectivity index (χ1) is 13.5. The number of nitrogens with zero attached hydrogens (tertiary/aromatic N) is 1. The molecule has 0 saturated heterocycles. The number of anilines is 1. The number of para-hydroxylation sites is 1. The molecule has 2 aromatic carbocycles. The Morgan fingerprint density at radius 3 is 2.24 bits per heavy atom. The van der Waals surface area contributed by atoms with Crippen LogP contribution in [0.4, 0.5) is 10.5 Å². The minimum absolute atomic E-state index is 0.0827. The molecule has 0 saturated carbocycles. The number of nitrogens with one attached hydrogen (secondary N) is 1. The molecule has 2 amide bonds. The third-order valence-corrected chi connectivity index (χ3v) is 4.90. The Morgan fingerprint density at radius 2 is 1.72 bits per heavy atom. The van der Waals surface area contributed by atoms with E-state index in [2.05, 4.69) is 5.32 Å². The van der Waals surface area contributed by atoms with Crippen LogP contribution in [-0.4, -0.2) is 38.8 Å². The molecule has 2 rings (SSSR count). The number of rotatable bonds is 7. The molecule has 7 nitrogen and oxygen atoms in total. The average molecular weight is 421 g/mol. The number of ether oxygens (including phenoxy) is 1. The Hall–Kier alpha value is -2.74. The molecule has 0 radical (unpaired) electrons. The highest BCUT2D eigenvalue weighted by Gasteiger charge is 2.20. The predicted octanol–water partition coefficient (Wildman–Crippen LogP) is 4.09. The van der Waals surface area contributed by atoms with Gasteiger partial charge >= 0.3 is 16.1 Å². The van der Waals surface area contributed by atoms with Crippen LogP contribution in [0.15, 0.2) is 36.4 Å². The molecule has 0 unspecified atom stereocenters. The van der Waals surface area contributed by atoms with Crippen molar-refractivity contribution in [3.63, 3.8) is 0 Å². The largest absolute Gasteiger partial charge is 0.493 e. The number of carbonyl (C=O) groups is 1. The highest BCUT2D eigenvalue weighted by atomic mass is 32.2. The number of urea groups is 1. The third kappa shape index (κ3) is 6.12. The highest BCUT2D eigenvalue weighted by Crippen LogP contribution is 2.30. The van der Waals surface area contributed by atoms with E-state index < -0.39 is 10.1 Å². The molecule has 0 aromatic heterocycles. The van der Waals surface area contributed by atoms with Crippen LogP contribution in [0.5, 0.6) is 11.5 Å². The molecule has 158 valence electrons.